The van der Waals surface area contributed by atoms with Gasteiger partial charge in [0.2, 0.25) is 5.88 Å². The van der Waals surface area contributed by atoms with E-state index in [0.717, 1.165) is 6.07 Å². The average Bonchev–Trinajstić information content (AvgIpc) is 2.69. The maximum Gasteiger partial charge on any atom is 0.275 e. The van der Waals surface area contributed by atoms with Crippen LogP contribution in [0.2, 0.25) is 0 Å². The number of methoxy groups -OCH3 is 1. The number of anilines is 1. The molecule has 1 aliphatic rings. The molecule has 0 saturated carbocycles. The van der Waals surface area contributed by atoms with Gasteiger partial charge >= 0.3 is 0 Å². The number of carbonyl (C=O) groups excluding carboxylic acids is 1. The van der Waals surface area contributed by atoms with Gasteiger partial charge in [-0.2, -0.15) is 0 Å². The van der Waals surface area contributed by atoms with Gasteiger partial charge < -0.3 is 20.5 Å². The third-order valence-corrected chi connectivity index (χ3v) is 4.41. The van der Waals surface area contributed by atoms with E-state index < -0.39 is 29.8 Å². The van der Waals surface area contributed by atoms with Gasteiger partial charge in [-0.3, -0.25) is 9.79 Å². The van der Waals surface area contributed by atoms with Gasteiger partial charge in [-0.1, -0.05) is 0 Å². The summed E-state index contributed by atoms with van der Waals surface area (Å²) in [5.74, 6) is -1.23. The quantitative estimate of drug-likeness (QED) is 0.782. The van der Waals surface area contributed by atoms with E-state index in [1.54, 1.807) is 0 Å². The van der Waals surface area contributed by atoms with Crippen molar-refractivity contribution in [3.8, 4) is 5.88 Å². The summed E-state index contributed by atoms with van der Waals surface area (Å²) in [5, 5.41) is 2.52. The maximum atomic E-state index is 14.5. The third-order valence-electron chi connectivity index (χ3n) is 4.41. The maximum absolute atomic E-state index is 14.5. The molecule has 154 valence electrons. The second kappa shape index (κ2) is 8.03. The Morgan fingerprint density at radius 2 is 2.14 bits per heavy atom. The Bertz CT molecular complexity index is 939. The predicted molar refractivity (Wildman–Crippen MR) is 97.7 cm³/mol. The number of nitrogens with zero attached hydrogens (tertiary/aromatic N) is 3. The van der Waals surface area contributed by atoms with Crippen LogP contribution in [0.3, 0.4) is 0 Å². The molecule has 11 heteroatoms. The number of rotatable bonds is 5. The molecule has 1 amide bonds. The number of benzene rings is 1. The second-order valence-corrected chi connectivity index (χ2v) is 6.41. The van der Waals surface area contributed by atoms with Crippen molar-refractivity contribution in [2.24, 2.45) is 10.7 Å². The molecule has 2 heterocycles. The van der Waals surface area contributed by atoms with Gasteiger partial charge in [-0.05, 0) is 25.1 Å². The lowest BCUT2D eigenvalue weighted by molar-refractivity contribution is -0.0883. The lowest BCUT2D eigenvalue weighted by Crippen LogP contribution is -2.49. The lowest BCUT2D eigenvalue weighted by Gasteiger charge is -2.37. The Morgan fingerprint density at radius 1 is 1.38 bits per heavy atom. The summed E-state index contributed by atoms with van der Waals surface area (Å²) >= 11 is 0. The summed E-state index contributed by atoms with van der Waals surface area (Å²) in [6.07, 6.45) is -2.17. The Labute approximate surface area is 164 Å². The fourth-order valence-electron chi connectivity index (χ4n) is 2.99. The number of ether oxygens (including phenoxy) is 2. The number of aromatic nitrogens is 2. The molecule has 0 bridgehead atoms. The van der Waals surface area contributed by atoms with Crippen molar-refractivity contribution in [2.75, 3.05) is 19.0 Å². The molecule has 29 heavy (non-hydrogen) atoms. The monoisotopic (exact) mass is 409 g/mol. The second-order valence-electron chi connectivity index (χ2n) is 6.41. The first kappa shape index (κ1) is 20.5. The minimum Gasteiger partial charge on any atom is -0.480 e. The topological polar surface area (TPSA) is 112 Å². The van der Waals surface area contributed by atoms with Gasteiger partial charge in [-0.15, -0.1) is 0 Å². The first-order valence-electron chi connectivity index (χ1n) is 8.46. The molecule has 3 rings (SSSR count). The number of alkyl halides is 2. The van der Waals surface area contributed by atoms with Crippen LogP contribution in [0.1, 0.15) is 23.0 Å². The van der Waals surface area contributed by atoms with Crippen molar-refractivity contribution < 1.29 is 27.4 Å². The average molecular weight is 409 g/mol. The zero-order valence-electron chi connectivity index (χ0n) is 15.5. The Morgan fingerprint density at radius 3 is 2.76 bits per heavy atom. The van der Waals surface area contributed by atoms with Crippen molar-refractivity contribution in [3.63, 3.8) is 0 Å². The van der Waals surface area contributed by atoms with E-state index in [9.17, 15) is 18.0 Å². The Kier molecular flexibility index (Phi) is 5.69. The minimum absolute atomic E-state index is 0.0170. The summed E-state index contributed by atoms with van der Waals surface area (Å²) in [6.45, 7) is 1.02. The van der Waals surface area contributed by atoms with E-state index >= 15 is 0 Å². The molecule has 2 atom stereocenters. The first-order valence-corrected chi connectivity index (χ1v) is 8.46. The summed E-state index contributed by atoms with van der Waals surface area (Å²) in [5.41, 5.74) is 3.81. The zero-order chi connectivity index (χ0) is 21.2. The summed E-state index contributed by atoms with van der Waals surface area (Å²) in [6, 6.07) is 3.54. The Balaban J connectivity index is 1.93. The molecule has 0 saturated heterocycles. The van der Waals surface area contributed by atoms with Crippen molar-refractivity contribution in [1.82, 2.24) is 9.97 Å². The fourth-order valence-corrected chi connectivity index (χ4v) is 2.99. The van der Waals surface area contributed by atoms with Crippen LogP contribution >= 0.6 is 0 Å². The number of hydrogen-bond acceptors (Lipinski definition) is 7. The molecule has 1 aliphatic heterocycles. The first-order chi connectivity index (χ1) is 13.7. The van der Waals surface area contributed by atoms with E-state index in [-0.39, 0.29) is 35.3 Å². The Hall–Kier alpha value is -3.21. The highest BCUT2D eigenvalue weighted by atomic mass is 19.3. The smallest absolute Gasteiger partial charge is 0.275 e. The summed E-state index contributed by atoms with van der Waals surface area (Å²) < 4.78 is 51.5. The van der Waals surface area contributed by atoms with E-state index in [1.165, 1.54) is 38.6 Å². The van der Waals surface area contributed by atoms with Crippen LogP contribution in [0.5, 0.6) is 5.88 Å². The van der Waals surface area contributed by atoms with Gasteiger partial charge in [0, 0.05) is 11.3 Å². The number of amides is 1. The molecular weight excluding hydrogens is 391 g/mol. The van der Waals surface area contributed by atoms with Crippen LogP contribution in [-0.4, -0.2) is 48.0 Å². The van der Waals surface area contributed by atoms with Crippen LogP contribution in [0.4, 0.5) is 18.9 Å². The van der Waals surface area contributed by atoms with Crippen LogP contribution in [0.15, 0.2) is 35.6 Å². The molecular formula is C18H18F3N5O3. The number of nitrogens with two attached hydrogens (primary N) is 1. The highest BCUT2D eigenvalue weighted by Gasteiger charge is 2.46. The summed E-state index contributed by atoms with van der Waals surface area (Å²) in [4.78, 5) is 24.2. The van der Waals surface area contributed by atoms with E-state index in [1.807, 2.05) is 0 Å². The van der Waals surface area contributed by atoms with Crippen molar-refractivity contribution in [1.29, 1.82) is 0 Å². The number of hydrogen-bond donors (Lipinski definition) is 2. The van der Waals surface area contributed by atoms with Crippen LogP contribution in [0, 0.1) is 5.82 Å². The normalized spacial score (nSPS) is 21.6. The standard InChI is InChI=1S/C18H18F3N5O3/c1-18(15(16(20)21)29-8-13(22)26-18)10-5-9(3-4-11(10)19)25-17(27)12-6-24-14(28-2)7-23-12/h3-7,15-16H,8H2,1-2H3,(H2,22,26)(H,25,27)/t15-,18+/m0/s1. The third kappa shape index (κ3) is 4.14. The van der Waals surface area contributed by atoms with Gasteiger partial charge in [-0.25, -0.2) is 23.1 Å². The molecule has 0 fully saturated rings. The zero-order valence-corrected chi connectivity index (χ0v) is 15.5. The molecule has 1 aromatic heterocycles. The van der Waals surface area contributed by atoms with Crippen LogP contribution < -0.4 is 15.8 Å². The number of carbonyl (C=O) groups is 1. The van der Waals surface area contributed by atoms with E-state index in [0.29, 0.717) is 0 Å². The van der Waals surface area contributed by atoms with Gasteiger partial charge in [0.1, 0.15) is 35.6 Å². The molecule has 2 aromatic rings. The molecule has 3 N–H and O–H groups in total. The molecule has 0 unspecified atom stereocenters. The SMILES string of the molecule is COc1cnc(C(=O)Nc2ccc(F)c([C@@]3(C)N=C(N)CO[C@H]3C(F)F)c2)cn1. The van der Waals surface area contributed by atoms with E-state index in [2.05, 4.69) is 20.3 Å². The largest absolute Gasteiger partial charge is 0.480 e. The molecule has 8 nitrogen and oxygen atoms in total. The van der Waals surface area contributed by atoms with Crippen molar-refractivity contribution >= 4 is 17.4 Å². The lowest BCUT2D eigenvalue weighted by atomic mass is 9.85. The number of amidine groups is 1. The van der Waals surface area contributed by atoms with Gasteiger partial charge in [0.25, 0.3) is 12.3 Å². The molecule has 0 spiro atoms. The molecule has 0 radical (unpaired) electrons. The van der Waals surface area contributed by atoms with Gasteiger partial charge in [0.15, 0.2) is 0 Å². The number of halogens is 3. The summed E-state index contributed by atoms with van der Waals surface area (Å²) in [7, 11) is 1.40. The highest BCUT2D eigenvalue weighted by Crippen LogP contribution is 2.39. The predicted octanol–water partition coefficient (Wildman–Crippen LogP) is 2.11. The molecule has 0 aliphatic carbocycles. The van der Waals surface area contributed by atoms with E-state index in [4.69, 9.17) is 15.2 Å². The minimum atomic E-state index is -2.93. The van der Waals surface area contributed by atoms with Crippen LogP contribution in [-0.2, 0) is 10.3 Å². The number of aliphatic imine (C=N–C) groups is 1. The molecule has 1 aromatic carbocycles. The van der Waals surface area contributed by atoms with Gasteiger partial charge in [0.05, 0.1) is 19.5 Å². The number of nitrogens with one attached hydrogen (secondary N) is 1. The van der Waals surface area contributed by atoms with Crippen molar-refractivity contribution in [2.45, 2.75) is 25.0 Å². The van der Waals surface area contributed by atoms with Crippen molar-refractivity contribution in [3.05, 3.63) is 47.7 Å². The fraction of sp³-hybridized carbons (Fsp3) is 0.333. The highest BCUT2D eigenvalue weighted by molar-refractivity contribution is 6.02. The van der Waals surface area contributed by atoms with Crippen LogP contribution in [0.25, 0.3) is 0 Å².